The summed E-state index contributed by atoms with van der Waals surface area (Å²) < 4.78 is 7.57. The molecule has 1 amide bonds. The van der Waals surface area contributed by atoms with Crippen LogP contribution in [-0.2, 0) is 30.2 Å². The number of rotatable bonds is 8. The van der Waals surface area contributed by atoms with Crippen LogP contribution in [0.3, 0.4) is 0 Å². The first-order valence-electron chi connectivity index (χ1n) is 13.0. The van der Waals surface area contributed by atoms with E-state index in [-0.39, 0.29) is 22.9 Å². The third-order valence-electron chi connectivity index (χ3n) is 8.35. The van der Waals surface area contributed by atoms with E-state index in [1.54, 1.807) is 11.2 Å². The van der Waals surface area contributed by atoms with Crippen molar-refractivity contribution >= 4 is 23.3 Å². The van der Waals surface area contributed by atoms with E-state index >= 15 is 0 Å². The predicted octanol–water partition coefficient (Wildman–Crippen LogP) is 4.37. The van der Waals surface area contributed by atoms with Crippen LogP contribution in [0.5, 0.6) is 0 Å². The zero-order valence-corrected chi connectivity index (χ0v) is 22.5. The smallest absolute Gasteiger partial charge is 0.260 e. The number of aryl methyl sites for hydroxylation is 1. The van der Waals surface area contributed by atoms with Gasteiger partial charge in [-0.2, -0.15) is 0 Å². The molecule has 4 heterocycles. The molecule has 37 heavy (non-hydrogen) atoms. The molecule has 0 spiro atoms. The molecule has 1 atom stereocenters. The molecule has 6 rings (SSSR count). The first-order valence-corrected chi connectivity index (χ1v) is 13.3. The van der Waals surface area contributed by atoms with Gasteiger partial charge in [-0.3, -0.25) is 9.69 Å². The molecule has 1 saturated carbocycles. The van der Waals surface area contributed by atoms with Crippen LogP contribution in [0.15, 0.2) is 36.7 Å². The second-order valence-corrected chi connectivity index (χ2v) is 11.9. The van der Waals surface area contributed by atoms with Crippen LogP contribution in [0.2, 0.25) is 5.15 Å². The maximum atomic E-state index is 13.6. The number of hydrogen-bond acceptors (Lipinski definition) is 6. The number of carbonyl (C=O) groups is 1. The summed E-state index contributed by atoms with van der Waals surface area (Å²) in [7, 11) is 1.95. The molecule has 194 valence electrons. The summed E-state index contributed by atoms with van der Waals surface area (Å²) in [5.74, 6) is 2.14. The number of amides is 1. The number of nitrogens with one attached hydrogen (secondary N) is 1. The van der Waals surface area contributed by atoms with Gasteiger partial charge >= 0.3 is 0 Å². The molecular formula is C28H33ClN6O2. The quantitative estimate of drug-likeness (QED) is 0.444. The van der Waals surface area contributed by atoms with Gasteiger partial charge in [-0.1, -0.05) is 23.7 Å². The third-order valence-corrected chi connectivity index (χ3v) is 8.54. The van der Waals surface area contributed by atoms with E-state index in [9.17, 15) is 4.79 Å². The van der Waals surface area contributed by atoms with Gasteiger partial charge in [-0.05, 0) is 74.4 Å². The molecule has 1 aromatic carbocycles. The van der Waals surface area contributed by atoms with E-state index in [4.69, 9.17) is 16.3 Å². The van der Waals surface area contributed by atoms with Crippen molar-refractivity contribution in [3.63, 3.8) is 0 Å². The highest BCUT2D eigenvalue weighted by molar-refractivity contribution is 6.29. The fraction of sp³-hybridized carbons (Fsp3) is 0.500. The fourth-order valence-corrected chi connectivity index (χ4v) is 5.97. The van der Waals surface area contributed by atoms with Crippen molar-refractivity contribution in [2.75, 3.05) is 18.1 Å². The number of benzene rings is 1. The Balaban J connectivity index is 1.25. The van der Waals surface area contributed by atoms with E-state index in [2.05, 4.69) is 53.4 Å². The second kappa shape index (κ2) is 8.89. The summed E-state index contributed by atoms with van der Waals surface area (Å²) in [4.78, 5) is 19.9. The standard InChI is InChI=1S/C28H33ClN6O2/c1-17(32-27(2,3)20-7-8-20)19-9-23(29)31-24(10-19)35-13-18-5-6-21(11-22(18)26(35)36)28(14-37-15-28)12-25-33-30-16-34(25)4/h5-6,9-11,16-17,20,32H,7-8,12-15H2,1-4H3. The number of carbonyl (C=O) groups excluding carboxylic acids is 1. The average molecular weight is 521 g/mol. The number of pyridine rings is 1. The molecule has 1 unspecified atom stereocenters. The molecule has 0 bridgehead atoms. The van der Waals surface area contributed by atoms with Gasteiger partial charge in [0.25, 0.3) is 5.91 Å². The van der Waals surface area contributed by atoms with Crippen LogP contribution in [-0.4, -0.2) is 44.4 Å². The molecule has 2 aromatic heterocycles. The summed E-state index contributed by atoms with van der Waals surface area (Å²) in [6, 6.07) is 10.2. The van der Waals surface area contributed by atoms with Crippen LogP contribution in [0.1, 0.15) is 72.5 Å². The molecule has 3 aromatic rings. The summed E-state index contributed by atoms with van der Waals surface area (Å²) >= 11 is 6.47. The highest BCUT2D eigenvalue weighted by atomic mass is 35.5. The highest BCUT2D eigenvalue weighted by Gasteiger charge is 2.43. The lowest BCUT2D eigenvalue weighted by Gasteiger charge is -2.41. The number of nitrogens with zero attached hydrogens (tertiary/aromatic N) is 5. The van der Waals surface area contributed by atoms with E-state index < -0.39 is 0 Å². The summed E-state index contributed by atoms with van der Waals surface area (Å²) in [6.07, 6.45) is 4.96. The zero-order chi connectivity index (χ0) is 25.9. The Morgan fingerprint density at radius 1 is 1.24 bits per heavy atom. The first-order chi connectivity index (χ1) is 17.6. The minimum atomic E-state index is -0.208. The van der Waals surface area contributed by atoms with E-state index in [0.29, 0.717) is 48.6 Å². The second-order valence-electron chi connectivity index (χ2n) is 11.5. The van der Waals surface area contributed by atoms with Gasteiger partial charge in [0.05, 0.1) is 19.8 Å². The van der Waals surface area contributed by atoms with Gasteiger partial charge in [-0.15, -0.1) is 10.2 Å². The van der Waals surface area contributed by atoms with Crippen molar-refractivity contribution in [1.82, 2.24) is 25.1 Å². The Labute approximate surface area is 222 Å². The zero-order valence-electron chi connectivity index (χ0n) is 21.8. The largest absolute Gasteiger partial charge is 0.379 e. The Bertz CT molecular complexity index is 1360. The van der Waals surface area contributed by atoms with Crippen molar-refractivity contribution in [3.8, 4) is 0 Å². The normalized spacial score (nSPS) is 19.6. The van der Waals surface area contributed by atoms with Crippen molar-refractivity contribution < 1.29 is 9.53 Å². The van der Waals surface area contributed by atoms with Crippen LogP contribution in [0, 0.1) is 5.92 Å². The van der Waals surface area contributed by atoms with Gasteiger partial charge in [-0.25, -0.2) is 4.98 Å². The molecule has 1 N–H and O–H groups in total. The lowest BCUT2D eigenvalue weighted by molar-refractivity contribution is -0.0611. The molecule has 2 fully saturated rings. The van der Waals surface area contributed by atoms with Gasteiger partial charge < -0.3 is 14.6 Å². The van der Waals surface area contributed by atoms with E-state index in [0.717, 1.165) is 22.5 Å². The number of fused-ring (bicyclic) bond motifs is 1. The van der Waals surface area contributed by atoms with Crippen LogP contribution < -0.4 is 10.2 Å². The van der Waals surface area contributed by atoms with Crippen LogP contribution in [0.4, 0.5) is 5.82 Å². The first kappa shape index (κ1) is 24.5. The number of hydrogen-bond donors (Lipinski definition) is 1. The number of anilines is 1. The molecule has 8 nitrogen and oxygen atoms in total. The van der Waals surface area contributed by atoms with Crippen molar-refractivity contribution in [2.24, 2.45) is 13.0 Å². The monoisotopic (exact) mass is 520 g/mol. The van der Waals surface area contributed by atoms with Crippen molar-refractivity contribution in [1.29, 1.82) is 0 Å². The van der Waals surface area contributed by atoms with Gasteiger partial charge in [0.2, 0.25) is 0 Å². The van der Waals surface area contributed by atoms with E-state index in [1.807, 2.05) is 29.8 Å². The third kappa shape index (κ3) is 4.45. The summed E-state index contributed by atoms with van der Waals surface area (Å²) in [6.45, 7) is 8.32. The van der Waals surface area contributed by atoms with Crippen molar-refractivity contribution in [3.05, 3.63) is 69.9 Å². The Morgan fingerprint density at radius 2 is 2.03 bits per heavy atom. The van der Waals surface area contributed by atoms with Crippen LogP contribution in [0.25, 0.3) is 0 Å². The van der Waals surface area contributed by atoms with Crippen LogP contribution >= 0.6 is 11.6 Å². The maximum Gasteiger partial charge on any atom is 0.260 e. The Hall–Kier alpha value is -2.81. The molecule has 1 aliphatic carbocycles. The molecule has 0 radical (unpaired) electrons. The lowest BCUT2D eigenvalue weighted by Crippen LogP contribution is -2.49. The SMILES string of the molecule is CC(NC(C)(C)C1CC1)c1cc(Cl)nc(N2Cc3ccc(C4(Cc5nncn5C)COC4)cc3C2=O)c1. The van der Waals surface area contributed by atoms with Gasteiger partial charge in [0, 0.05) is 36.0 Å². The summed E-state index contributed by atoms with van der Waals surface area (Å²) in [5.41, 5.74) is 3.68. The number of aromatic nitrogens is 4. The predicted molar refractivity (Wildman–Crippen MR) is 142 cm³/mol. The molecular weight excluding hydrogens is 488 g/mol. The minimum Gasteiger partial charge on any atom is -0.379 e. The number of ether oxygens (including phenoxy) is 1. The lowest BCUT2D eigenvalue weighted by atomic mass is 9.75. The maximum absolute atomic E-state index is 13.6. The van der Waals surface area contributed by atoms with E-state index in [1.165, 1.54) is 12.8 Å². The van der Waals surface area contributed by atoms with Gasteiger partial charge in [0.1, 0.15) is 23.1 Å². The fourth-order valence-electron chi connectivity index (χ4n) is 5.76. The Kier molecular flexibility index (Phi) is 5.89. The number of halogens is 1. The minimum absolute atomic E-state index is 0.0504. The Morgan fingerprint density at radius 3 is 2.68 bits per heavy atom. The summed E-state index contributed by atoms with van der Waals surface area (Å²) in [5, 5.41) is 12.4. The highest BCUT2D eigenvalue weighted by Crippen LogP contribution is 2.41. The van der Waals surface area contributed by atoms with Crippen molar-refractivity contribution in [2.45, 2.75) is 63.6 Å². The molecule has 1 saturated heterocycles. The molecule has 3 aliphatic rings. The average Bonchev–Trinajstić information content (AvgIpc) is 3.55. The topological polar surface area (TPSA) is 85.2 Å². The molecule has 9 heteroatoms. The van der Waals surface area contributed by atoms with Gasteiger partial charge in [0.15, 0.2) is 0 Å². The molecule has 2 aliphatic heterocycles.